The van der Waals surface area contributed by atoms with Crippen LogP contribution < -0.4 is 10.6 Å². The lowest BCUT2D eigenvalue weighted by atomic mass is 10.1. The number of benzene rings is 1. The molecule has 1 saturated carbocycles. The zero-order valence-electron chi connectivity index (χ0n) is 14.1. The van der Waals surface area contributed by atoms with Gasteiger partial charge in [0.2, 0.25) is 0 Å². The minimum atomic E-state index is -0.535. The van der Waals surface area contributed by atoms with Crippen LogP contribution >= 0.6 is 0 Å². The van der Waals surface area contributed by atoms with Crippen LogP contribution in [0.4, 0.5) is 4.79 Å². The summed E-state index contributed by atoms with van der Waals surface area (Å²) in [4.78, 5) is 14.9. The number of urea groups is 1. The van der Waals surface area contributed by atoms with Crippen LogP contribution in [0.1, 0.15) is 49.3 Å². The van der Waals surface area contributed by atoms with Gasteiger partial charge in [0.1, 0.15) is 0 Å². The van der Waals surface area contributed by atoms with Crippen LogP contribution in [0.15, 0.2) is 24.3 Å². The van der Waals surface area contributed by atoms with E-state index >= 15 is 0 Å². The molecular formula is C19H27N3O2. The van der Waals surface area contributed by atoms with Crippen molar-refractivity contribution in [2.75, 3.05) is 13.1 Å². The van der Waals surface area contributed by atoms with E-state index in [0.29, 0.717) is 6.42 Å². The number of carbonyl (C=O) groups is 1. The van der Waals surface area contributed by atoms with Crippen LogP contribution in [0.3, 0.4) is 0 Å². The summed E-state index contributed by atoms with van der Waals surface area (Å²) in [5.41, 5.74) is 2.17. The molecule has 3 atom stereocenters. The van der Waals surface area contributed by atoms with Crippen molar-refractivity contribution in [1.29, 1.82) is 0 Å². The Morgan fingerprint density at radius 2 is 1.92 bits per heavy atom. The zero-order valence-corrected chi connectivity index (χ0v) is 14.1. The van der Waals surface area contributed by atoms with Gasteiger partial charge >= 0.3 is 6.03 Å². The van der Waals surface area contributed by atoms with Gasteiger partial charge in [0, 0.05) is 31.6 Å². The molecule has 1 aliphatic heterocycles. The van der Waals surface area contributed by atoms with Gasteiger partial charge in [0.15, 0.2) is 0 Å². The molecule has 3 N–H and O–H groups in total. The molecule has 1 aromatic rings. The van der Waals surface area contributed by atoms with E-state index in [1.165, 1.54) is 25.7 Å². The maximum Gasteiger partial charge on any atom is 0.315 e. The summed E-state index contributed by atoms with van der Waals surface area (Å²) in [5.74, 6) is 0. The van der Waals surface area contributed by atoms with Gasteiger partial charge in [-0.15, -0.1) is 0 Å². The van der Waals surface area contributed by atoms with Gasteiger partial charge in [-0.05, 0) is 30.4 Å². The Kier molecular flexibility index (Phi) is 4.46. The number of amides is 2. The van der Waals surface area contributed by atoms with Crippen LogP contribution in [0.25, 0.3) is 0 Å². The molecular weight excluding hydrogens is 302 g/mol. The van der Waals surface area contributed by atoms with Crippen LogP contribution in [-0.4, -0.2) is 47.3 Å². The van der Waals surface area contributed by atoms with Gasteiger partial charge in [-0.25, -0.2) is 4.79 Å². The highest BCUT2D eigenvalue weighted by Gasteiger charge is 2.34. The lowest BCUT2D eigenvalue weighted by molar-refractivity contribution is 0.141. The quantitative estimate of drug-likeness (QED) is 0.794. The summed E-state index contributed by atoms with van der Waals surface area (Å²) >= 11 is 0. The second kappa shape index (κ2) is 6.73. The molecule has 1 unspecified atom stereocenters. The largest absolute Gasteiger partial charge is 0.390 e. The Hall–Kier alpha value is -1.59. The first-order valence-electron chi connectivity index (χ1n) is 9.27. The summed E-state index contributed by atoms with van der Waals surface area (Å²) in [7, 11) is 0. The van der Waals surface area contributed by atoms with Crippen LogP contribution in [0.2, 0.25) is 0 Å². The Bertz CT molecular complexity index is 600. The first-order valence-corrected chi connectivity index (χ1v) is 9.27. The minimum Gasteiger partial charge on any atom is -0.390 e. The lowest BCUT2D eigenvalue weighted by Gasteiger charge is -2.24. The molecule has 2 fully saturated rings. The molecule has 3 aliphatic rings. The molecule has 130 valence electrons. The first-order chi connectivity index (χ1) is 11.7. The Morgan fingerprint density at radius 3 is 2.75 bits per heavy atom. The van der Waals surface area contributed by atoms with E-state index in [2.05, 4.69) is 15.5 Å². The third-order valence-corrected chi connectivity index (χ3v) is 5.89. The third-order valence-electron chi connectivity index (χ3n) is 5.89. The van der Waals surface area contributed by atoms with Gasteiger partial charge in [0.25, 0.3) is 0 Å². The topological polar surface area (TPSA) is 64.6 Å². The molecule has 5 nitrogen and oxygen atoms in total. The van der Waals surface area contributed by atoms with E-state index in [1.807, 2.05) is 24.3 Å². The molecule has 0 aromatic heterocycles. The third kappa shape index (κ3) is 3.15. The van der Waals surface area contributed by atoms with Crippen LogP contribution in [0.5, 0.6) is 0 Å². The average molecular weight is 329 g/mol. The molecule has 1 saturated heterocycles. The predicted molar refractivity (Wildman–Crippen MR) is 92.8 cm³/mol. The lowest BCUT2D eigenvalue weighted by Crippen LogP contribution is -2.46. The Morgan fingerprint density at radius 1 is 1.12 bits per heavy atom. The zero-order chi connectivity index (χ0) is 16.5. The highest BCUT2D eigenvalue weighted by Crippen LogP contribution is 2.31. The summed E-state index contributed by atoms with van der Waals surface area (Å²) in [6, 6.07) is 8.44. The molecule has 2 amide bonds. The van der Waals surface area contributed by atoms with Crippen molar-refractivity contribution in [2.45, 2.75) is 62.8 Å². The van der Waals surface area contributed by atoms with Gasteiger partial charge in [-0.3, -0.25) is 4.90 Å². The first kappa shape index (κ1) is 15.9. The van der Waals surface area contributed by atoms with Gasteiger partial charge in [-0.1, -0.05) is 37.1 Å². The van der Waals surface area contributed by atoms with E-state index in [0.717, 1.165) is 36.7 Å². The molecule has 0 radical (unpaired) electrons. The Balaban J connectivity index is 1.31. The summed E-state index contributed by atoms with van der Waals surface area (Å²) in [5, 5.41) is 16.3. The fourth-order valence-electron chi connectivity index (χ4n) is 4.62. The number of carbonyl (C=O) groups excluding carboxylic acids is 1. The summed E-state index contributed by atoms with van der Waals surface area (Å²) in [6.07, 6.45) is 6.41. The van der Waals surface area contributed by atoms with Crippen LogP contribution in [-0.2, 0) is 6.42 Å². The number of hydrogen-bond donors (Lipinski definition) is 3. The molecule has 5 heteroatoms. The van der Waals surface area contributed by atoms with E-state index in [1.54, 1.807) is 0 Å². The van der Waals surface area contributed by atoms with Crippen molar-refractivity contribution in [3.8, 4) is 0 Å². The molecule has 2 aliphatic carbocycles. The normalized spacial score (nSPS) is 30.5. The number of aliphatic hydroxyl groups is 1. The number of fused-ring (bicyclic) bond motifs is 1. The number of hydrogen-bond acceptors (Lipinski definition) is 3. The second-order valence-corrected chi connectivity index (χ2v) is 7.48. The predicted octanol–water partition coefficient (Wildman–Crippen LogP) is 1.96. The monoisotopic (exact) mass is 329 g/mol. The number of aliphatic hydroxyl groups excluding tert-OH is 1. The fraction of sp³-hybridized carbons (Fsp3) is 0.632. The Labute approximate surface area is 143 Å². The maximum absolute atomic E-state index is 12.4. The van der Waals surface area contributed by atoms with Gasteiger partial charge in [-0.2, -0.15) is 0 Å². The fourth-order valence-corrected chi connectivity index (χ4v) is 4.62. The highest BCUT2D eigenvalue weighted by atomic mass is 16.3. The van der Waals surface area contributed by atoms with Crippen molar-refractivity contribution in [3.63, 3.8) is 0 Å². The van der Waals surface area contributed by atoms with Crippen molar-refractivity contribution < 1.29 is 9.90 Å². The van der Waals surface area contributed by atoms with Gasteiger partial charge < -0.3 is 15.7 Å². The second-order valence-electron chi connectivity index (χ2n) is 7.48. The minimum absolute atomic E-state index is 0.158. The number of nitrogens with zero attached hydrogens (tertiary/aromatic N) is 1. The molecule has 1 aromatic carbocycles. The molecule has 24 heavy (non-hydrogen) atoms. The SMILES string of the molecule is O=C(NC1CCN(C2CCCC2)C1)N[C@@H]1c2ccccc2C[C@@H]1O. The van der Waals surface area contributed by atoms with Gasteiger partial charge in [0.05, 0.1) is 12.1 Å². The number of nitrogens with one attached hydrogen (secondary N) is 2. The van der Waals surface area contributed by atoms with Crippen molar-refractivity contribution in [1.82, 2.24) is 15.5 Å². The molecule has 4 rings (SSSR count). The van der Waals surface area contributed by atoms with Crippen molar-refractivity contribution in [3.05, 3.63) is 35.4 Å². The number of likely N-dealkylation sites (tertiary alicyclic amines) is 1. The molecule has 1 heterocycles. The van der Waals surface area contributed by atoms with Crippen molar-refractivity contribution in [2.24, 2.45) is 0 Å². The highest BCUT2D eigenvalue weighted by molar-refractivity contribution is 5.75. The van der Waals surface area contributed by atoms with E-state index in [4.69, 9.17) is 0 Å². The van der Waals surface area contributed by atoms with Crippen molar-refractivity contribution >= 4 is 6.03 Å². The van der Waals surface area contributed by atoms with E-state index in [-0.39, 0.29) is 18.1 Å². The maximum atomic E-state index is 12.4. The average Bonchev–Trinajstić information content (AvgIpc) is 3.28. The number of rotatable bonds is 3. The summed E-state index contributed by atoms with van der Waals surface area (Å²) in [6.45, 7) is 2.05. The smallest absolute Gasteiger partial charge is 0.315 e. The summed E-state index contributed by atoms with van der Waals surface area (Å²) < 4.78 is 0. The van der Waals surface area contributed by atoms with E-state index < -0.39 is 6.10 Å². The molecule has 0 spiro atoms. The molecule has 0 bridgehead atoms. The van der Waals surface area contributed by atoms with Crippen LogP contribution in [0, 0.1) is 0 Å². The standard InChI is InChI=1S/C19H27N3O2/c23-17-11-13-5-1-4-8-16(13)18(17)21-19(24)20-14-9-10-22(12-14)15-6-2-3-7-15/h1,4-5,8,14-15,17-18,23H,2-3,6-7,9-12H2,(H2,20,21,24)/t14?,17-,18+/m0/s1. The van der Waals surface area contributed by atoms with E-state index in [9.17, 15) is 9.90 Å².